The van der Waals surface area contributed by atoms with E-state index in [-0.39, 0.29) is 24.5 Å². The first-order chi connectivity index (χ1) is 14.3. The Balaban J connectivity index is 1.47. The van der Waals surface area contributed by atoms with Gasteiger partial charge in [-0.3, -0.25) is 4.79 Å². The molecule has 8 nitrogen and oxygen atoms in total. The molecule has 0 radical (unpaired) electrons. The van der Waals surface area contributed by atoms with Crippen molar-refractivity contribution in [3.8, 4) is 5.75 Å². The first kappa shape index (κ1) is 23.0. The third-order valence-corrected chi connectivity index (χ3v) is 7.81. The molecule has 0 aromatic heterocycles. The topological polar surface area (TPSA) is 82.2 Å². The summed E-state index contributed by atoms with van der Waals surface area (Å²) in [5.74, 6) is 0.442. The summed E-state index contributed by atoms with van der Waals surface area (Å²) >= 11 is 0. The molecule has 30 heavy (non-hydrogen) atoms. The Morgan fingerprint density at radius 2 is 1.80 bits per heavy atom. The first-order valence-corrected chi connectivity index (χ1v) is 12.0. The maximum Gasteiger partial charge on any atom is 0.281 e. The maximum absolute atomic E-state index is 12.6. The fourth-order valence-electron chi connectivity index (χ4n) is 3.91. The van der Waals surface area contributed by atoms with Crippen molar-refractivity contribution in [2.75, 3.05) is 47.3 Å². The van der Waals surface area contributed by atoms with Crippen LogP contribution >= 0.6 is 0 Å². The molecule has 1 atom stereocenters. The van der Waals surface area contributed by atoms with E-state index >= 15 is 0 Å². The highest BCUT2D eigenvalue weighted by Crippen LogP contribution is 2.21. The molecule has 1 N–H and O–H groups in total. The third kappa shape index (κ3) is 5.94. The summed E-state index contributed by atoms with van der Waals surface area (Å²) in [6.07, 6.45) is 3.73. The normalized spacial score (nSPS) is 22.2. The van der Waals surface area contributed by atoms with Gasteiger partial charge in [-0.05, 0) is 50.4 Å². The zero-order valence-corrected chi connectivity index (χ0v) is 19.0. The molecule has 2 heterocycles. The smallest absolute Gasteiger partial charge is 0.281 e. The number of likely N-dealkylation sites (tertiary alicyclic amines) is 1. The van der Waals surface area contributed by atoms with E-state index in [2.05, 4.69) is 17.3 Å². The van der Waals surface area contributed by atoms with E-state index in [0.717, 1.165) is 37.2 Å². The quantitative estimate of drug-likeness (QED) is 0.694. The monoisotopic (exact) mass is 438 g/mol. The molecule has 168 valence electrons. The molecular formula is C21H34N4O4S. The van der Waals surface area contributed by atoms with Crippen LogP contribution < -0.4 is 10.1 Å². The zero-order valence-electron chi connectivity index (χ0n) is 18.2. The molecule has 3 rings (SSSR count). The van der Waals surface area contributed by atoms with Crippen molar-refractivity contribution in [1.82, 2.24) is 18.8 Å². The van der Waals surface area contributed by atoms with Crippen LogP contribution in [-0.2, 0) is 21.5 Å². The molecule has 0 bridgehead atoms. The predicted molar refractivity (Wildman–Crippen MR) is 116 cm³/mol. The number of rotatable bonds is 7. The molecule has 2 aliphatic rings. The highest BCUT2D eigenvalue weighted by atomic mass is 32.2. The van der Waals surface area contributed by atoms with Crippen molar-refractivity contribution in [2.24, 2.45) is 5.92 Å². The van der Waals surface area contributed by atoms with Crippen LogP contribution in [0.1, 0.15) is 31.2 Å². The number of carbonyl (C=O) groups is 1. The van der Waals surface area contributed by atoms with Crippen LogP contribution in [0.2, 0.25) is 0 Å². The van der Waals surface area contributed by atoms with Crippen molar-refractivity contribution in [1.29, 1.82) is 0 Å². The number of nitrogens with zero attached hydrogens (tertiary/aromatic N) is 3. The Labute approximate surface area is 180 Å². The highest BCUT2D eigenvalue weighted by Gasteiger charge is 2.33. The summed E-state index contributed by atoms with van der Waals surface area (Å²) in [5, 5.41) is 2.96. The van der Waals surface area contributed by atoms with Crippen molar-refractivity contribution in [2.45, 2.75) is 38.3 Å². The zero-order chi connectivity index (χ0) is 21.7. The number of amides is 1. The van der Waals surface area contributed by atoms with Gasteiger partial charge in [0.2, 0.25) is 5.91 Å². The van der Waals surface area contributed by atoms with Gasteiger partial charge in [0, 0.05) is 46.8 Å². The van der Waals surface area contributed by atoms with Crippen LogP contribution in [0, 0.1) is 5.92 Å². The standard InChI is InChI=1S/C21H34N4O4S/c1-23(2)30(27,28)25-12-4-5-18(16-25)21(26)22-15-17-6-8-19(9-7-17)29-20-10-13-24(3)14-11-20/h6-9,18,20H,4-5,10-16H2,1-3H3,(H,22,26)/t18-/m1/s1. The van der Waals surface area contributed by atoms with Crippen LogP contribution in [-0.4, -0.2) is 81.3 Å². The van der Waals surface area contributed by atoms with Crippen LogP contribution in [0.3, 0.4) is 0 Å². The van der Waals surface area contributed by atoms with Gasteiger partial charge in [0.05, 0.1) is 5.92 Å². The minimum absolute atomic E-state index is 0.0969. The second-order valence-corrected chi connectivity index (χ2v) is 10.6. The Morgan fingerprint density at radius 1 is 1.13 bits per heavy atom. The van der Waals surface area contributed by atoms with Crippen molar-refractivity contribution in [3.63, 3.8) is 0 Å². The van der Waals surface area contributed by atoms with Gasteiger partial charge < -0.3 is 15.0 Å². The number of carbonyl (C=O) groups excluding carboxylic acids is 1. The van der Waals surface area contributed by atoms with Crippen molar-refractivity contribution < 1.29 is 17.9 Å². The summed E-state index contributed by atoms with van der Waals surface area (Å²) in [6, 6.07) is 7.83. The second kappa shape index (κ2) is 10.1. The number of nitrogens with one attached hydrogen (secondary N) is 1. The lowest BCUT2D eigenvalue weighted by Gasteiger charge is -2.32. The second-order valence-electron chi connectivity index (χ2n) is 8.47. The van der Waals surface area contributed by atoms with Crippen LogP contribution in [0.4, 0.5) is 0 Å². The number of benzene rings is 1. The molecule has 2 fully saturated rings. The van der Waals surface area contributed by atoms with E-state index in [1.807, 2.05) is 24.3 Å². The maximum atomic E-state index is 12.6. The predicted octanol–water partition coefficient (Wildman–Crippen LogP) is 1.29. The summed E-state index contributed by atoms with van der Waals surface area (Å²) in [4.78, 5) is 14.9. The minimum atomic E-state index is -3.48. The summed E-state index contributed by atoms with van der Waals surface area (Å²) in [7, 11) is 1.67. The van der Waals surface area contributed by atoms with Gasteiger partial charge in [-0.15, -0.1) is 0 Å². The molecule has 1 aromatic rings. The van der Waals surface area contributed by atoms with Gasteiger partial charge in [-0.1, -0.05) is 12.1 Å². The lowest BCUT2D eigenvalue weighted by molar-refractivity contribution is -0.126. The molecule has 0 saturated carbocycles. The van der Waals surface area contributed by atoms with E-state index < -0.39 is 10.2 Å². The van der Waals surface area contributed by atoms with Gasteiger partial charge in [-0.25, -0.2) is 0 Å². The largest absolute Gasteiger partial charge is 0.490 e. The molecule has 0 unspecified atom stereocenters. The molecule has 1 aromatic carbocycles. The van der Waals surface area contributed by atoms with Crippen LogP contribution in [0.15, 0.2) is 24.3 Å². The van der Waals surface area contributed by atoms with Gasteiger partial charge >= 0.3 is 0 Å². The lowest BCUT2D eigenvalue weighted by atomic mass is 9.99. The Morgan fingerprint density at radius 3 is 2.43 bits per heavy atom. The van der Waals surface area contributed by atoms with E-state index in [4.69, 9.17) is 4.74 Å². The van der Waals surface area contributed by atoms with Gasteiger partial charge in [-0.2, -0.15) is 17.0 Å². The van der Waals surface area contributed by atoms with E-state index in [0.29, 0.717) is 25.9 Å². The Kier molecular flexibility index (Phi) is 7.73. The summed E-state index contributed by atoms with van der Waals surface area (Å²) in [6.45, 7) is 3.23. The third-order valence-electron chi connectivity index (χ3n) is 5.90. The van der Waals surface area contributed by atoms with Gasteiger partial charge in [0.25, 0.3) is 10.2 Å². The van der Waals surface area contributed by atoms with Crippen LogP contribution in [0.25, 0.3) is 0 Å². The fraction of sp³-hybridized carbons (Fsp3) is 0.667. The van der Waals surface area contributed by atoms with Crippen molar-refractivity contribution in [3.05, 3.63) is 29.8 Å². The van der Waals surface area contributed by atoms with Crippen LogP contribution in [0.5, 0.6) is 5.75 Å². The number of ether oxygens (including phenoxy) is 1. The molecular weight excluding hydrogens is 404 g/mol. The van der Waals surface area contributed by atoms with E-state index in [1.54, 1.807) is 0 Å². The minimum Gasteiger partial charge on any atom is -0.490 e. The average Bonchev–Trinajstić information content (AvgIpc) is 2.74. The van der Waals surface area contributed by atoms with Gasteiger partial charge in [0.1, 0.15) is 11.9 Å². The van der Waals surface area contributed by atoms with Gasteiger partial charge in [0.15, 0.2) is 0 Å². The molecule has 2 saturated heterocycles. The average molecular weight is 439 g/mol. The SMILES string of the molecule is CN1CCC(Oc2ccc(CNC(=O)[C@@H]3CCCN(S(=O)(=O)N(C)C)C3)cc2)CC1. The Bertz CT molecular complexity index is 805. The van der Waals surface area contributed by atoms with Crippen molar-refractivity contribution >= 4 is 16.1 Å². The first-order valence-electron chi connectivity index (χ1n) is 10.6. The van der Waals surface area contributed by atoms with E-state index in [9.17, 15) is 13.2 Å². The molecule has 0 aliphatic carbocycles. The lowest BCUT2D eigenvalue weighted by Crippen LogP contribution is -2.48. The molecule has 1 amide bonds. The number of hydrogen-bond donors (Lipinski definition) is 1. The number of piperidine rings is 2. The fourth-order valence-corrected chi connectivity index (χ4v) is 5.10. The molecule has 2 aliphatic heterocycles. The summed E-state index contributed by atoms with van der Waals surface area (Å²) < 4.78 is 33.3. The Hall–Kier alpha value is -1.68. The number of hydrogen-bond acceptors (Lipinski definition) is 5. The molecule has 9 heteroatoms. The molecule has 0 spiro atoms. The van der Waals surface area contributed by atoms with E-state index in [1.165, 1.54) is 22.7 Å². The summed E-state index contributed by atoms with van der Waals surface area (Å²) in [5.41, 5.74) is 0.993. The highest BCUT2D eigenvalue weighted by molar-refractivity contribution is 7.86.